The van der Waals surface area contributed by atoms with Gasteiger partial charge in [0.25, 0.3) is 0 Å². The molecule has 0 radical (unpaired) electrons. The lowest BCUT2D eigenvalue weighted by atomic mass is 9.83. The van der Waals surface area contributed by atoms with Crippen molar-refractivity contribution in [1.82, 2.24) is 24.7 Å². The zero-order valence-corrected chi connectivity index (χ0v) is 12.5. The molecule has 108 valence electrons. The molecule has 0 aliphatic rings. The van der Waals surface area contributed by atoms with Gasteiger partial charge in [0.2, 0.25) is 5.28 Å². The molecule has 0 saturated carbocycles. The van der Waals surface area contributed by atoms with Crippen LogP contribution in [0.4, 0.5) is 0 Å². The highest BCUT2D eigenvalue weighted by Crippen LogP contribution is 2.30. The van der Waals surface area contributed by atoms with Gasteiger partial charge in [-0.1, -0.05) is 20.8 Å². The van der Waals surface area contributed by atoms with Crippen molar-refractivity contribution in [3.63, 3.8) is 0 Å². The molecule has 6 nitrogen and oxygen atoms in total. The van der Waals surface area contributed by atoms with E-state index in [1.165, 1.54) is 6.33 Å². The van der Waals surface area contributed by atoms with Gasteiger partial charge in [-0.15, -0.1) is 0 Å². The third kappa shape index (κ3) is 3.52. The lowest BCUT2D eigenvalue weighted by Gasteiger charge is -2.32. The van der Waals surface area contributed by atoms with Crippen LogP contribution in [0.5, 0.6) is 0 Å². The Balaban J connectivity index is 2.26. The summed E-state index contributed by atoms with van der Waals surface area (Å²) >= 11 is 5.68. The second kappa shape index (κ2) is 5.85. The van der Waals surface area contributed by atoms with E-state index in [9.17, 15) is 5.11 Å². The zero-order chi connectivity index (χ0) is 14.8. The first kappa shape index (κ1) is 14.9. The highest BCUT2D eigenvalue weighted by molar-refractivity contribution is 6.28. The zero-order valence-electron chi connectivity index (χ0n) is 11.7. The smallest absolute Gasteiger partial charge is 0.222 e. The summed E-state index contributed by atoms with van der Waals surface area (Å²) in [5.74, 6) is 0. The van der Waals surface area contributed by atoms with Crippen LogP contribution in [0.25, 0.3) is 0 Å². The summed E-state index contributed by atoms with van der Waals surface area (Å²) in [5, 5.41) is 14.9. The fourth-order valence-corrected chi connectivity index (χ4v) is 2.10. The first-order chi connectivity index (χ1) is 9.38. The van der Waals surface area contributed by atoms with Gasteiger partial charge >= 0.3 is 0 Å². The summed E-state index contributed by atoms with van der Waals surface area (Å²) in [5.41, 5.74) is 0.613. The van der Waals surface area contributed by atoms with Gasteiger partial charge in [0, 0.05) is 18.8 Å². The highest BCUT2D eigenvalue weighted by atomic mass is 35.5. The fourth-order valence-electron chi connectivity index (χ4n) is 2.00. The van der Waals surface area contributed by atoms with Crippen molar-refractivity contribution in [2.24, 2.45) is 5.41 Å². The Morgan fingerprint density at radius 3 is 2.45 bits per heavy atom. The van der Waals surface area contributed by atoms with Crippen molar-refractivity contribution in [3.8, 4) is 0 Å². The summed E-state index contributed by atoms with van der Waals surface area (Å²) in [6.45, 7) is 5.96. The van der Waals surface area contributed by atoms with Gasteiger partial charge in [-0.2, -0.15) is 5.10 Å². The normalized spacial score (nSPS) is 15.1. The van der Waals surface area contributed by atoms with Gasteiger partial charge in [0.05, 0.1) is 12.1 Å². The molecule has 7 heteroatoms. The summed E-state index contributed by atoms with van der Waals surface area (Å²) in [6, 6.07) is -0.234. The van der Waals surface area contributed by atoms with Crippen LogP contribution < -0.4 is 0 Å². The minimum atomic E-state index is -0.583. The molecular formula is C13H18ClN5O. The van der Waals surface area contributed by atoms with Crippen LogP contribution in [0, 0.1) is 5.41 Å². The second-order valence-corrected chi connectivity index (χ2v) is 6.16. The van der Waals surface area contributed by atoms with E-state index in [-0.39, 0.29) is 16.7 Å². The lowest BCUT2D eigenvalue weighted by molar-refractivity contribution is 0.0124. The molecule has 2 heterocycles. The predicted octanol–water partition coefficient (Wildman–Crippen LogP) is 1.91. The van der Waals surface area contributed by atoms with E-state index >= 15 is 0 Å². The van der Waals surface area contributed by atoms with E-state index in [4.69, 9.17) is 11.6 Å². The average Bonchev–Trinajstić information content (AvgIpc) is 2.90. The van der Waals surface area contributed by atoms with Crippen molar-refractivity contribution in [2.75, 3.05) is 0 Å². The third-order valence-corrected chi connectivity index (χ3v) is 3.34. The summed E-state index contributed by atoms with van der Waals surface area (Å²) in [6.07, 6.45) is 6.36. The van der Waals surface area contributed by atoms with Crippen LogP contribution in [0.15, 0.2) is 25.0 Å². The van der Waals surface area contributed by atoms with Gasteiger partial charge in [0.1, 0.15) is 12.7 Å². The maximum Gasteiger partial charge on any atom is 0.222 e. The Labute approximate surface area is 122 Å². The molecule has 0 aliphatic heterocycles. The van der Waals surface area contributed by atoms with Crippen molar-refractivity contribution < 1.29 is 5.11 Å². The molecular weight excluding hydrogens is 278 g/mol. The molecule has 2 unspecified atom stereocenters. The molecule has 2 atom stereocenters. The Morgan fingerprint density at radius 2 is 1.95 bits per heavy atom. The quantitative estimate of drug-likeness (QED) is 0.872. The maximum atomic E-state index is 10.6. The minimum absolute atomic E-state index is 0.211. The first-order valence-electron chi connectivity index (χ1n) is 6.36. The molecule has 2 aromatic heterocycles. The molecule has 0 spiro atoms. The number of aromatic nitrogens is 5. The van der Waals surface area contributed by atoms with Crippen molar-refractivity contribution in [3.05, 3.63) is 35.9 Å². The van der Waals surface area contributed by atoms with Crippen LogP contribution in [-0.4, -0.2) is 35.9 Å². The van der Waals surface area contributed by atoms with Gasteiger partial charge < -0.3 is 5.11 Å². The number of halogens is 1. The predicted molar refractivity (Wildman–Crippen MR) is 75.3 cm³/mol. The van der Waals surface area contributed by atoms with E-state index in [1.807, 2.05) is 20.8 Å². The summed E-state index contributed by atoms with van der Waals surface area (Å²) in [7, 11) is 0. The van der Waals surface area contributed by atoms with E-state index in [1.54, 1.807) is 23.4 Å². The molecule has 2 rings (SSSR count). The molecule has 20 heavy (non-hydrogen) atoms. The van der Waals surface area contributed by atoms with Gasteiger partial charge in [-0.25, -0.2) is 19.6 Å². The maximum absolute atomic E-state index is 10.6. The Bertz CT molecular complexity index is 535. The monoisotopic (exact) mass is 295 g/mol. The number of aliphatic hydroxyl groups is 1. The lowest BCUT2D eigenvalue weighted by Crippen LogP contribution is -2.37. The third-order valence-electron chi connectivity index (χ3n) is 3.15. The number of rotatable bonds is 4. The van der Waals surface area contributed by atoms with E-state index in [2.05, 4.69) is 20.1 Å². The average molecular weight is 296 g/mol. The second-order valence-electron chi connectivity index (χ2n) is 5.82. The first-order valence-corrected chi connectivity index (χ1v) is 6.74. The van der Waals surface area contributed by atoms with Crippen LogP contribution >= 0.6 is 11.6 Å². The molecule has 0 saturated heterocycles. The van der Waals surface area contributed by atoms with Crippen LogP contribution in [0.2, 0.25) is 5.28 Å². The molecule has 0 aliphatic carbocycles. The molecule has 1 N–H and O–H groups in total. The molecule has 0 bridgehead atoms. The molecule has 2 aromatic rings. The molecule has 0 aromatic carbocycles. The molecule has 0 amide bonds. The fraction of sp³-hybridized carbons (Fsp3) is 0.538. The Kier molecular flexibility index (Phi) is 4.35. The highest BCUT2D eigenvalue weighted by Gasteiger charge is 2.32. The Morgan fingerprint density at radius 1 is 1.30 bits per heavy atom. The Hall–Kier alpha value is -1.53. The van der Waals surface area contributed by atoms with Crippen molar-refractivity contribution in [2.45, 2.75) is 39.3 Å². The number of hydrogen-bond donors (Lipinski definition) is 1. The summed E-state index contributed by atoms with van der Waals surface area (Å²) in [4.78, 5) is 11.9. The van der Waals surface area contributed by atoms with Gasteiger partial charge in [-0.05, 0) is 22.6 Å². The van der Waals surface area contributed by atoms with E-state index < -0.39 is 6.10 Å². The van der Waals surface area contributed by atoms with Gasteiger partial charge in [-0.3, -0.25) is 0 Å². The SMILES string of the molecule is CC(C)(C)C(O)C(Cc1cnc(Cl)nc1)n1cncn1. The number of hydrogen-bond acceptors (Lipinski definition) is 5. The number of aliphatic hydroxyl groups excluding tert-OH is 1. The van der Waals surface area contributed by atoms with Crippen molar-refractivity contribution >= 4 is 11.6 Å². The number of nitrogens with zero attached hydrogens (tertiary/aromatic N) is 5. The van der Waals surface area contributed by atoms with E-state index in [0.717, 1.165) is 5.56 Å². The molecule has 0 fully saturated rings. The standard InChI is InChI=1S/C13H18ClN5O/c1-13(2,3)11(20)10(19-8-15-7-18-19)4-9-5-16-12(14)17-6-9/h5-8,10-11,20H,4H2,1-3H3. The van der Waals surface area contributed by atoms with Gasteiger partial charge in [0.15, 0.2) is 0 Å². The topological polar surface area (TPSA) is 76.7 Å². The summed E-state index contributed by atoms with van der Waals surface area (Å²) < 4.78 is 1.67. The minimum Gasteiger partial charge on any atom is -0.390 e. The van der Waals surface area contributed by atoms with Crippen molar-refractivity contribution in [1.29, 1.82) is 0 Å². The van der Waals surface area contributed by atoms with Crippen LogP contribution in [0.1, 0.15) is 32.4 Å². The van der Waals surface area contributed by atoms with Crippen LogP contribution in [0.3, 0.4) is 0 Å². The largest absolute Gasteiger partial charge is 0.390 e. The van der Waals surface area contributed by atoms with Crippen LogP contribution in [-0.2, 0) is 6.42 Å². The van der Waals surface area contributed by atoms with E-state index in [0.29, 0.717) is 6.42 Å².